The number of halogens is 1. The number of hydrogen-bond acceptors (Lipinski definition) is 3. The van der Waals surface area contributed by atoms with Gasteiger partial charge in [0.2, 0.25) is 0 Å². The molecule has 136 valence electrons. The van der Waals surface area contributed by atoms with Gasteiger partial charge in [-0.25, -0.2) is 0 Å². The Morgan fingerprint density at radius 1 is 1.32 bits per heavy atom. The van der Waals surface area contributed by atoms with Gasteiger partial charge in [-0.05, 0) is 49.8 Å². The maximum absolute atomic E-state index is 12.9. The van der Waals surface area contributed by atoms with Gasteiger partial charge in [0.1, 0.15) is 11.5 Å². The number of allylic oxidation sites excluding steroid dienone is 1. The van der Waals surface area contributed by atoms with Gasteiger partial charge in [0.15, 0.2) is 0 Å². The highest BCUT2D eigenvalue weighted by Gasteiger charge is 2.42. The van der Waals surface area contributed by atoms with E-state index in [4.69, 9.17) is 11.6 Å². The van der Waals surface area contributed by atoms with E-state index in [1.165, 1.54) is 12.8 Å². The first kappa shape index (κ1) is 18.5. The van der Waals surface area contributed by atoms with Crippen molar-refractivity contribution in [2.75, 3.05) is 13.1 Å². The highest BCUT2D eigenvalue weighted by Crippen LogP contribution is 2.40. The molecule has 0 radical (unpaired) electrons. The number of carbonyl (C=O) groups excluding carboxylic acids is 1. The summed E-state index contributed by atoms with van der Waals surface area (Å²) in [5.41, 5.74) is 0.510. The number of ketones is 1. The van der Waals surface area contributed by atoms with Crippen LogP contribution in [0.15, 0.2) is 35.4 Å². The highest BCUT2D eigenvalue weighted by molar-refractivity contribution is 6.29. The molecule has 4 heteroatoms. The number of Topliss-reactive ketones (excluding diaryl/α,β-unsaturated/α-hetero) is 1. The Morgan fingerprint density at radius 3 is 2.76 bits per heavy atom. The fourth-order valence-corrected chi connectivity index (χ4v) is 4.70. The van der Waals surface area contributed by atoms with Gasteiger partial charge in [-0.15, -0.1) is 0 Å². The fraction of sp³-hybridized carbons (Fsp3) is 0.571. The standard InChI is InChI=1S/C21H28ClNO2/c1-2-20(25)21(16-6-5-9-19(24)14-16)10-12-23(13-11-21)18-8-4-3-7-17(22)15-18/h5-6,9,14-15,18,24H,2-4,7-8,10-13H2,1H3. The van der Waals surface area contributed by atoms with Crippen molar-refractivity contribution >= 4 is 17.4 Å². The van der Waals surface area contributed by atoms with Crippen molar-refractivity contribution in [2.24, 2.45) is 0 Å². The lowest BCUT2D eigenvalue weighted by molar-refractivity contribution is -0.126. The zero-order chi connectivity index (χ0) is 17.9. The van der Waals surface area contributed by atoms with Gasteiger partial charge in [0.05, 0.1) is 5.41 Å². The molecule has 1 aliphatic heterocycles. The second-order valence-corrected chi connectivity index (χ2v) is 7.86. The van der Waals surface area contributed by atoms with E-state index in [0.717, 1.165) is 49.4 Å². The molecule has 0 amide bonds. The molecule has 25 heavy (non-hydrogen) atoms. The number of nitrogens with zero attached hydrogens (tertiary/aromatic N) is 1. The van der Waals surface area contributed by atoms with Crippen molar-refractivity contribution in [1.29, 1.82) is 0 Å². The van der Waals surface area contributed by atoms with E-state index in [1.54, 1.807) is 12.1 Å². The molecule has 1 atom stereocenters. The van der Waals surface area contributed by atoms with Crippen molar-refractivity contribution in [3.63, 3.8) is 0 Å². The van der Waals surface area contributed by atoms with Crippen molar-refractivity contribution in [3.8, 4) is 5.75 Å². The molecule has 1 heterocycles. The second-order valence-electron chi connectivity index (χ2n) is 7.37. The summed E-state index contributed by atoms with van der Waals surface area (Å²) >= 11 is 6.33. The zero-order valence-corrected chi connectivity index (χ0v) is 15.8. The summed E-state index contributed by atoms with van der Waals surface area (Å²) in [6, 6.07) is 7.67. The van der Waals surface area contributed by atoms with Crippen LogP contribution in [0.2, 0.25) is 0 Å². The van der Waals surface area contributed by atoms with Crippen molar-refractivity contribution in [3.05, 3.63) is 40.9 Å². The van der Waals surface area contributed by atoms with Gasteiger partial charge < -0.3 is 5.11 Å². The molecule has 1 aromatic carbocycles. The Labute approximate surface area is 155 Å². The first-order chi connectivity index (χ1) is 12.0. The van der Waals surface area contributed by atoms with Crippen LogP contribution in [0.4, 0.5) is 0 Å². The molecule has 3 nitrogen and oxygen atoms in total. The number of piperidine rings is 1. The van der Waals surface area contributed by atoms with Crippen LogP contribution in [0.5, 0.6) is 5.75 Å². The second kappa shape index (κ2) is 7.92. The Balaban J connectivity index is 1.80. The number of aromatic hydroxyl groups is 1. The summed E-state index contributed by atoms with van der Waals surface area (Å²) in [6.45, 7) is 3.73. The predicted molar refractivity (Wildman–Crippen MR) is 102 cm³/mol. The van der Waals surface area contributed by atoms with Gasteiger partial charge >= 0.3 is 0 Å². The van der Waals surface area contributed by atoms with Crippen molar-refractivity contribution in [1.82, 2.24) is 4.90 Å². The molecule has 3 rings (SSSR count). The minimum atomic E-state index is -0.456. The van der Waals surface area contributed by atoms with Crippen LogP contribution in [0.1, 0.15) is 57.4 Å². The first-order valence-electron chi connectivity index (χ1n) is 9.48. The average Bonchev–Trinajstić information content (AvgIpc) is 2.85. The monoisotopic (exact) mass is 361 g/mol. The van der Waals surface area contributed by atoms with E-state index in [9.17, 15) is 9.90 Å². The van der Waals surface area contributed by atoms with E-state index >= 15 is 0 Å². The van der Waals surface area contributed by atoms with Crippen LogP contribution >= 0.6 is 11.6 Å². The van der Waals surface area contributed by atoms with Gasteiger partial charge in [-0.1, -0.05) is 43.2 Å². The Kier molecular flexibility index (Phi) is 5.85. The van der Waals surface area contributed by atoms with E-state index in [-0.39, 0.29) is 11.5 Å². The third-order valence-corrected chi connectivity index (χ3v) is 6.23. The summed E-state index contributed by atoms with van der Waals surface area (Å²) in [7, 11) is 0. The average molecular weight is 362 g/mol. The molecule has 1 fully saturated rings. The number of phenolic OH excluding ortho intramolecular Hbond substituents is 1. The maximum Gasteiger partial charge on any atom is 0.143 e. The van der Waals surface area contributed by atoms with Gasteiger partial charge in [0.25, 0.3) is 0 Å². The predicted octanol–water partition coefficient (Wildman–Crippen LogP) is 4.77. The van der Waals surface area contributed by atoms with Gasteiger partial charge in [-0.2, -0.15) is 0 Å². The fourth-order valence-electron chi connectivity index (χ4n) is 4.42. The molecule has 1 aromatic rings. The molecule has 1 aliphatic carbocycles. The number of carbonyl (C=O) groups is 1. The molecule has 0 spiro atoms. The van der Waals surface area contributed by atoms with Crippen LogP contribution in [0, 0.1) is 0 Å². The SMILES string of the molecule is CCC(=O)C1(c2cccc(O)c2)CCN(C2C=C(Cl)CCCC2)CC1. The summed E-state index contributed by atoms with van der Waals surface area (Å²) in [5.74, 6) is 0.522. The molecule has 0 bridgehead atoms. The largest absolute Gasteiger partial charge is 0.508 e. The van der Waals surface area contributed by atoms with Crippen molar-refractivity contribution < 1.29 is 9.90 Å². The van der Waals surface area contributed by atoms with Crippen LogP contribution in [-0.2, 0) is 10.2 Å². The summed E-state index contributed by atoms with van der Waals surface area (Å²) in [4.78, 5) is 15.3. The molecule has 0 aromatic heterocycles. The quantitative estimate of drug-likeness (QED) is 0.839. The van der Waals surface area contributed by atoms with Crippen molar-refractivity contribution in [2.45, 2.75) is 63.3 Å². The summed E-state index contributed by atoms with van der Waals surface area (Å²) in [6.07, 6.45) is 8.89. The normalized spacial score (nSPS) is 24.4. The lowest BCUT2D eigenvalue weighted by Crippen LogP contribution is -2.49. The number of hydrogen-bond donors (Lipinski definition) is 1. The topological polar surface area (TPSA) is 40.5 Å². The van der Waals surface area contributed by atoms with Gasteiger partial charge in [0, 0.05) is 30.6 Å². The zero-order valence-electron chi connectivity index (χ0n) is 15.0. The lowest BCUT2D eigenvalue weighted by atomic mass is 9.68. The highest BCUT2D eigenvalue weighted by atomic mass is 35.5. The number of likely N-dealkylation sites (tertiary alicyclic amines) is 1. The van der Waals surface area contributed by atoms with Gasteiger partial charge in [-0.3, -0.25) is 9.69 Å². The van der Waals surface area contributed by atoms with Crippen LogP contribution < -0.4 is 0 Å². The van der Waals surface area contributed by atoms with E-state index in [0.29, 0.717) is 12.5 Å². The smallest absolute Gasteiger partial charge is 0.143 e. The van der Waals surface area contributed by atoms with Crippen LogP contribution in [-0.4, -0.2) is 34.9 Å². The summed E-state index contributed by atoms with van der Waals surface area (Å²) < 4.78 is 0. The number of rotatable bonds is 4. The Bertz CT molecular complexity index is 647. The molecule has 1 N–H and O–H groups in total. The maximum atomic E-state index is 12.9. The molecule has 1 unspecified atom stereocenters. The molecular formula is C21H28ClNO2. The van der Waals surface area contributed by atoms with E-state index < -0.39 is 5.41 Å². The van der Waals surface area contributed by atoms with Crippen LogP contribution in [0.25, 0.3) is 0 Å². The minimum Gasteiger partial charge on any atom is -0.508 e. The van der Waals surface area contributed by atoms with E-state index in [2.05, 4.69) is 11.0 Å². The Morgan fingerprint density at radius 2 is 2.08 bits per heavy atom. The number of benzene rings is 1. The summed E-state index contributed by atoms with van der Waals surface area (Å²) in [5, 5.41) is 10.9. The molecule has 0 saturated carbocycles. The first-order valence-corrected chi connectivity index (χ1v) is 9.86. The minimum absolute atomic E-state index is 0.238. The molecular weight excluding hydrogens is 334 g/mol. The van der Waals surface area contributed by atoms with E-state index in [1.807, 2.05) is 19.1 Å². The lowest BCUT2D eigenvalue weighted by Gasteiger charge is -2.43. The third kappa shape index (κ3) is 3.93. The Hall–Kier alpha value is -1.32. The third-order valence-electron chi connectivity index (χ3n) is 5.91. The van der Waals surface area contributed by atoms with Crippen LogP contribution in [0.3, 0.4) is 0 Å². The molecule has 2 aliphatic rings. The molecule has 1 saturated heterocycles. The number of phenols is 1.